The van der Waals surface area contributed by atoms with Crippen molar-refractivity contribution in [3.05, 3.63) is 29.8 Å². The number of nitrogens with one attached hydrogen (secondary N) is 2. The zero-order chi connectivity index (χ0) is 14.4. The van der Waals surface area contributed by atoms with Crippen LogP contribution in [0.4, 0.5) is 0 Å². The van der Waals surface area contributed by atoms with Crippen LogP contribution in [0.25, 0.3) is 0 Å². The van der Waals surface area contributed by atoms with Gasteiger partial charge in [0.2, 0.25) is 10.0 Å². The third kappa shape index (κ3) is 4.48. The molecule has 0 radical (unpaired) electrons. The van der Waals surface area contributed by atoms with Crippen molar-refractivity contribution >= 4 is 21.8 Å². The van der Waals surface area contributed by atoms with E-state index in [1.807, 2.05) is 12.1 Å². The molecule has 0 aromatic heterocycles. The highest BCUT2D eigenvalue weighted by Gasteiger charge is 2.22. The van der Waals surface area contributed by atoms with Crippen LogP contribution in [-0.4, -0.2) is 39.1 Å². The highest BCUT2D eigenvalue weighted by molar-refractivity contribution is 7.99. The molecule has 4 nitrogen and oxygen atoms in total. The van der Waals surface area contributed by atoms with E-state index in [9.17, 15) is 8.42 Å². The van der Waals surface area contributed by atoms with Gasteiger partial charge < -0.3 is 5.32 Å². The summed E-state index contributed by atoms with van der Waals surface area (Å²) in [6.07, 6.45) is 1.84. The molecule has 2 N–H and O–H groups in total. The molecule has 0 amide bonds. The quantitative estimate of drug-likeness (QED) is 0.751. The van der Waals surface area contributed by atoms with E-state index in [1.54, 1.807) is 23.9 Å². The van der Waals surface area contributed by atoms with Crippen LogP contribution in [-0.2, 0) is 16.4 Å². The smallest absolute Gasteiger partial charge is 0.240 e. The molecular weight excluding hydrogens is 292 g/mol. The Bertz CT molecular complexity index is 508. The number of hydrogen-bond donors (Lipinski definition) is 2. The highest BCUT2D eigenvalue weighted by atomic mass is 32.2. The van der Waals surface area contributed by atoms with Gasteiger partial charge in [-0.3, -0.25) is 0 Å². The van der Waals surface area contributed by atoms with Crippen LogP contribution in [0.1, 0.15) is 18.9 Å². The van der Waals surface area contributed by atoms with Crippen molar-refractivity contribution in [1.82, 2.24) is 10.0 Å². The Kier molecular flexibility index (Phi) is 5.89. The van der Waals surface area contributed by atoms with Gasteiger partial charge >= 0.3 is 0 Å². The molecule has 0 saturated carbocycles. The van der Waals surface area contributed by atoms with Crippen molar-refractivity contribution in [2.75, 3.05) is 24.6 Å². The van der Waals surface area contributed by atoms with E-state index in [-0.39, 0.29) is 6.04 Å². The largest absolute Gasteiger partial charge is 0.317 e. The molecule has 2 rings (SSSR count). The van der Waals surface area contributed by atoms with Crippen molar-refractivity contribution < 1.29 is 8.42 Å². The number of rotatable bonds is 7. The lowest BCUT2D eigenvalue weighted by molar-refractivity contribution is 0.563. The molecular formula is C14H22N2O2S2. The first kappa shape index (κ1) is 15.8. The molecule has 0 bridgehead atoms. The van der Waals surface area contributed by atoms with Gasteiger partial charge in [0.1, 0.15) is 0 Å². The molecule has 1 aliphatic rings. The molecule has 0 aliphatic carbocycles. The summed E-state index contributed by atoms with van der Waals surface area (Å²) in [5.74, 6) is 1.91. The molecule has 0 spiro atoms. The Morgan fingerprint density at radius 2 is 2.05 bits per heavy atom. The minimum Gasteiger partial charge on any atom is -0.317 e. The third-order valence-electron chi connectivity index (χ3n) is 3.33. The molecule has 1 fully saturated rings. The van der Waals surface area contributed by atoms with Crippen molar-refractivity contribution in [1.29, 1.82) is 0 Å². The van der Waals surface area contributed by atoms with Crippen molar-refractivity contribution in [2.24, 2.45) is 0 Å². The van der Waals surface area contributed by atoms with Gasteiger partial charge in [-0.2, -0.15) is 11.8 Å². The van der Waals surface area contributed by atoms with E-state index < -0.39 is 10.0 Å². The average molecular weight is 314 g/mol. The van der Waals surface area contributed by atoms with Gasteiger partial charge in [0.05, 0.1) is 4.90 Å². The van der Waals surface area contributed by atoms with Crippen molar-refractivity contribution in [3.63, 3.8) is 0 Å². The van der Waals surface area contributed by atoms with E-state index >= 15 is 0 Å². The summed E-state index contributed by atoms with van der Waals surface area (Å²) in [6, 6.07) is 7.28. The fourth-order valence-corrected chi connectivity index (χ4v) is 4.69. The number of likely N-dealkylation sites (N-methyl/N-ethyl adjacent to an activating group) is 1. The summed E-state index contributed by atoms with van der Waals surface area (Å²) in [4.78, 5) is 0.363. The fourth-order valence-electron chi connectivity index (χ4n) is 2.16. The second kappa shape index (κ2) is 7.45. The monoisotopic (exact) mass is 314 g/mol. The van der Waals surface area contributed by atoms with Gasteiger partial charge in [-0.15, -0.1) is 0 Å². The van der Waals surface area contributed by atoms with Crippen LogP contribution in [0.5, 0.6) is 0 Å². The maximum Gasteiger partial charge on any atom is 0.240 e. The second-order valence-corrected chi connectivity index (χ2v) is 7.79. The van der Waals surface area contributed by atoms with Gasteiger partial charge in [0, 0.05) is 11.8 Å². The molecule has 1 aliphatic heterocycles. The Morgan fingerprint density at radius 3 is 2.65 bits per heavy atom. The number of benzene rings is 1. The molecule has 6 heteroatoms. The third-order valence-corrected chi connectivity index (χ3v) is 6.02. The van der Waals surface area contributed by atoms with Gasteiger partial charge in [-0.25, -0.2) is 13.1 Å². The fraction of sp³-hybridized carbons (Fsp3) is 0.571. The predicted octanol–water partition coefficient (Wildman–Crippen LogP) is 1.62. The van der Waals surface area contributed by atoms with Gasteiger partial charge in [0.25, 0.3) is 0 Å². The summed E-state index contributed by atoms with van der Waals surface area (Å²) in [5.41, 5.74) is 1.15. The van der Waals surface area contributed by atoms with E-state index in [2.05, 4.69) is 17.0 Å². The molecule has 1 aromatic rings. The lowest BCUT2D eigenvalue weighted by atomic mass is 10.1. The van der Waals surface area contributed by atoms with Gasteiger partial charge in [-0.1, -0.05) is 19.1 Å². The summed E-state index contributed by atoms with van der Waals surface area (Å²) < 4.78 is 27.2. The number of sulfonamides is 1. The van der Waals surface area contributed by atoms with Crippen molar-refractivity contribution in [2.45, 2.75) is 30.7 Å². The Balaban J connectivity index is 1.97. The second-order valence-electron chi connectivity index (χ2n) is 4.93. The molecule has 20 heavy (non-hydrogen) atoms. The van der Waals surface area contributed by atoms with E-state index in [1.165, 1.54) is 0 Å². The van der Waals surface area contributed by atoms with Crippen LogP contribution >= 0.6 is 11.8 Å². The van der Waals surface area contributed by atoms with Crippen LogP contribution in [0.2, 0.25) is 0 Å². The Hall–Kier alpha value is -0.560. The zero-order valence-electron chi connectivity index (χ0n) is 11.8. The molecule has 1 saturated heterocycles. The molecule has 1 unspecified atom stereocenters. The average Bonchev–Trinajstić information content (AvgIpc) is 2.92. The minimum atomic E-state index is -3.36. The Labute approximate surface area is 125 Å². The summed E-state index contributed by atoms with van der Waals surface area (Å²) in [6.45, 7) is 3.94. The normalized spacial score (nSPS) is 19.4. The predicted molar refractivity (Wildman–Crippen MR) is 84.7 cm³/mol. The van der Waals surface area contributed by atoms with E-state index in [0.717, 1.165) is 43.0 Å². The van der Waals surface area contributed by atoms with Gasteiger partial charge in [0.15, 0.2) is 0 Å². The molecule has 1 aromatic carbocycles. The molecule has 1 atom stereocenters. The van der Waals surface area contributed by atoms with E-state index in [4.69, 9.17) is 0 Å². The summed E-state index contributed by atoms with van der Waals surface area (Å²) >= 11 is 1.80. The first-order chi connectivity index (χ1) is 9.62. The SMILES string of the molecule is CCNCCc1ccc(S(=O)(=O)NC2CCSC2)cc1. The lowest BCUT2D eigenvalue weighted by Gasteiger charge is -2.12. The summed E-state index contributed by atoms with van der Waals surface area (Å²) in [5, 5.41) is 3.26. The maximum atomic E-state index is 12.2. The van der Waals surface area contributed by atoms with Crippen LogP contribution < -0.4 is 10.0 Å². The number of hydrogen-bond acceptors (Lipinski definition) is 4. The molecule has 1 heterocycles. The van der Waals surface area contributed by atoms with Crippen LogP contribution in [0.15, 0.2) is 29.2 Å². The standard InChI is InChI=1S/C14H22N2O2S2/c1-2-15-9-7-12-3-5-14(6-4-12)20(17,18)16-13-8-10-19-11-13/h3-6,13,15-16H,2,7-11H2,1H3. The summed E-state index contributed by atoms with van der Waals surface area (Å²) in [7, 11) is -3.36. The first-order valence-electron chi connectivity index (χ1n) is 7.01. The van der Waals surface area contributed by atoms with E-state index in [0.29, 0.717) is 4.90 Å². The van der Waals surface area contributed by atoms with Crippen LogP contribution in [0.3, 0.4) is 0 Å². The first-order valence-corrected chi connectivity index (χ1v) is 9.65. The minimum absolute atomic E-state index is 0.0819. The van der Waals surface area contributed by atoms with Crippen molar-refractivity contribution in [3.8, 4) is 0 Å². The topological polar surface area (TPSA) is 58.2 Å². The molecule has 112 valence electrons. The van der Waals surface area contributed by atoms with Crippen LogP contribution in [0, 0.1) is 0 Å². The highest BCUT2D eigenvalue weighted by Crippen LogP contribution is 2.19. The zero-order valence-corrected chi connectivity index (χ0v) is 13.4. The number of thioether (sulfide) groups is 1. The Morgan fingerprint density at radius 1 is 1.30 bits per heavy atom. The lowest BCUT2D eigenvalue weighted by Crippen LogP contribution is -2.34. The maximum absolute atomic E-state index is 12.2. The van der Waals surface area contributed by atoms with Gasteiger partial charge in [-0.05, 0) is 49.4 Å².